The van der Waals surface area contributed by atoms with Gasteiger partial charge < -0.3 is 15.2 Å². The van der Waals surface area contributed by atoms with E-state index in [1.165, 1.54) is 0 Å². The molecule has 0 saturated carbocycles. The minimum absolute atomic E-state index is 0.342. The molecule has 59 valence electrons. The summed E-state index contributed by atoms with van der Waals surface area (Å²) in [6.07, 6.45) is 0. The van der Waals surface area contributed by atoms with Crippen LogP contribution < -0.4 is 4.98 Å². The van der Waals surface area contributed by atoms with E-state index in [9.17, 15) is 4.79 Å². The van der Waals surface area contributed by atoms with Crippen molar-refractivity contribution in [3.05, 3.63) is 0 Å². The summed E-state index contributed by atoms with van der Waals surface area (Å²) in [6, 6.07) is -0.788. The van der Waals surface area contributed by atoms with Crippen molar-refractivity contribution in [2.24, 2.45) is 0 Å². The van der Waals surface area contributed by atoms with E-state index in [0.29, 0.717) is 0 Å². The number of aliphatic hydroxyl groups is 1. The van der Waals surface area contributed by atoms with Gasteiger partial charge in [0.15, 0.2) is 0 Å². The van der Waals surface area contributed by atoms with E-state index in [1.807, 2.05) is 13.1 Å². The molecular weight excluding hydrogens is 150 g/mol. The first kappa shape index (κ1) is 9.61. The Morgan fingerprint density at radius 2 is 2.20 bits per heavy atom. The van der Waals surface area contributed by atoms with Crippen LogP contribution in [-0.4, -0.2) is 37.8 Å². The summed E-state index contributed by atoms with van der Waals surface area (Å²) in [5.41, 5.74) is 0. The highest BCUT2D eigenvalue weighted by molar-refractivity contribution is 6.53. The molecule has 0 amide bonds. The molecule has 0 rings (SSSR count). The van der Waals surface area contributed by atoms with E-state index in [4.69, 9.17) is 10.2 Å². The Morgan fingerprint density at radius 1 is 1.70 bits per heavy atom. The van der Waals surface area contributed by atoms with E-state index >= 15 is 0 Å². The standard InChI is InChI=1S/C5H12NO3Si/c1-10(2)6-4(3-7)5(8)9/h4,6-7H,3H2,1-2H3,(H,8,9)/t4-/m0/s1. The van der Waals surface area contributed by atoms with Crippen molar-refractivity contribution in [1.29, 1.82) is 0 Å². The van der Waals surface area contributed by atoms with E-state index in [0.717, 1.165) is 0 Å². The first-order valence-electron chi connectivity index (χ1n) is 2.98. The predicted molar refractivity (Wildman–Crippen MR) is 39.1 cm³/mol. The lowest BCUT2D eigenvalue weighted by Crippen LogP contribution is -2.45. The SMILES string of the molecule is C[Si](C)N[C@@H](CO)C(=O)O. The topological polar surface area (TPSA) is 69.6 Å². The maximum Gasteiger partial charge on any atom is 0.322 e. The molecule has 0 aromatic carbocycles. The van der Waals surface area contributed by atoms with Crippen LogP contribution in [0.4, 0.5) is 0 Å². The van der Waals surface area contributed by atoms with E-state index in [-0.39, 0.29) is 6.61 Å². The number of nitrogens with one attached hydrogen (secondary N) is 1. The van der Waals surface area contributed by atoms with Gasteiger partial charge >= 0.3 is 5.97 Å². The van der Waals surface area contributed by atoms with Gasteiger partial charge in [-0.3, -0.25) is 4.79 Å². The van der Waals surface area contributed by atoms with Gasteiger partial charge in [0.1, 0.15) is 15.0 Å². The molecule has 1 radical (unpaired) electrons. The summed E-state index contributed by atoms with van der Waals surface area (Å²) < 4.78 is 0. The van der Waals surface area contributed by atoms with Crippen LogP contribution in [0.1, 0.15) is 0 Å². The van der Waals surface area contributed by atoms with Gasteiger partial charge in [-0.15, -0.1) is 0 Å². The van der Waals surface area contributed by atoms with Crippen LogP contribution in [0.2, 0.25) is 13.1 Å². The largest absolute Gasteiger partial charge is 0.480 e. The molecule has 0 aromatic heterocycles. The van der Waals surface area contributed by atoms with Crippen molar-refractivity contribution < 1.29 is 15.0 Å². The molecule has 3 N–H and O–H groups in total. The van der Waals surface area contributed by atoms with Gasteiger partial charge in [0.05, 0.1) is 6.61 Å². The highest BCUT2D eigenvalue weighted by Crippen LogP contribution is 1.83. The number of hydrogen-bond acceptors (Lipinski definition) is 3. The molecule has 0 aliphatic rings. The predicted octanol–water partition coefficient (Wildman–Crippen LogP) is -0.727. The van der Waals surface area contributed by atoms with E-state index in [1.54, 1.807) is 0 Å². The Hall–Kier alpha value is -0.393. The van der Waals surface area contributed by atoms with Crippen molar-refractivity contribution in [3.8, 4) is 0 Å². The third-order valence-corrected chi connectivity index (χ3v) is 1.87. The number of hydrogen-bond donors (Lipinski definition) is 3. The van der Waals surface area contributed by atoms with Crippen LogP contribution >= 0.6 is 0 Å². The molecule has 0 aliphatic heterocycles. The smallest absolute Gasteiger partial charge is 0.322 e. The van der Waals surface area contributed by atoms with Gasteiger partial charge in [-0.2, -0.15) is 0 Å². The summed E-state index contributed by atoms with van der Waals surface area (Å²) in [5.74, 6) is -0.992. The summed E-state index contributed by atoms with van der Waals surface area (Å²) in [5, 5.41) is 16.9. The fraction of sp³-hybridized carbons (Fsp3) is 0.800. The van der Waals surface area contributed by atoms with Crippen molar-refractivity contribution >= 4 is 14.9 Å². The molecule has 1 atom stereocenters. The molecule has 0 bridgehead atoms. The number of aliphatic carboxylic acids is 1. The van der Waals surface area contributed by atoms with Crippen LogP contribution in [-0.2, 0) is 4.79 Å². The fourth-order valence-corrected chi connectivity index (χ4v) is 1.45. The fourth-order valence-electron chi connectivity index (χ4n) is 0.534. The minimum Gasteiger partial charge on any atom is -0.480 e. The van der Waals surface area contributed by atoms with Crippen molar-refractivity contribution in [2.45, 2.75) is 19.1 Å². The lowest BCUT2D eigenvalue weighted by atomic mass is 10.3. The third kappa shape index (κ3) is 3.60. The molecule has 5 heteroatoms. The molecular formula is C5H12NO3Si. The average Bonchev–Trinajstić information content (AvgIpc) is 1.81. The normalized spacial score (nSPS) is 13.6. The zero-order valence-corrected chi connectivity index (χ0v) is 7.09. The second-order valence-corrected chi connectivity index (χ2v) is 4.51. The molecule has 4 nitrogen and oxygen atoms in total. The molecule has 0 aromatic rings. The van der Waals surface area contributed by atoms with Crippen LogP contribution in [0.5, 0.6) is 0 Å². The Morgan fingerprint density at radius 3 is 2.30 bits per heavy atom. The van der Waals surface area contributed by atoms with Gasteiger partial charge in [0.25, 0.3) is 0 Å². The lowest BCUT2D eigenvalue weighted by molar-refractivity contribution is -0.139. The highest BCUT2D eigenvalue weighted by Gasteiger charge is 2.16. The van der Waals surface area contributed by atoms with Crippen molar-refractivity contribution in [2.75, 3.05) is 6.61 Å². The molecule has 0 heterocycles. The second kappa shape index (κ2) is 4.43. The van der Waals surface area contributed by atoms with Crippen LogP contribution in [0.3, 0.4) is 0 Å². The molecule has 10 heavy (non-hydrogen) atoms. The number of carboxylic acids is 1. The molecule has 0 saturated heterocycles. The number of carbonyl (C=O) groups is 1. The van der Waals surface area contributed by atoms with Crippen LogP contribution in [0.15, 0.2) is 0 Å². The third-order valence-electron chi connectivity index (χ3n) is 0.944. The molecule has 0 unspecified atom stereocenters. The number of carboxylic acid groups (broad SMARTS) is 1. The van der Waals surface area contributed by atoms with Gasteiger partial charge in [0.2, 0.25) is 0 Å². The first-order chi connectivity index (χ1) is 4.57. The van der Waals surface area contributed by atoms with E-state index < -0.39 is 21.0 Å². The maximum atomic E-state index is 10.3. The minimum atomic E-state index is -0.992. The Kier molecular flexibility index (Phi) is 4.25. The van der Waals surface area contributed by atoms with Crippen LogP contribution in [0, 0.1) is 0 Å². The van der Waals surface area contributed by atoms with Gasteiger partial charge in [-0.25, -0.2) is 0 Å². The Labute approximate surface area is 61.6 Å². The zero-order valence-electron chi connectivity index (χ0n) is 6.09. The molecule has 0 aliphatic carbocycles. The summed E-state index contributed by atoms with van der Waals surface area (Å²) in [7, 11) is -0.781. The Bertz CT molecular complexity index is 117. The Balaban J connectivity index is 3.72. The molecule has 0 fully saturated rings. The second-order valence-electron chi connectivity index (χ2n) is 2.22. The lowest BCUT2D eigenvalue weighted by Gasteiger charge is -2.12. The first-order valence-corrected chi connectivity index (χ1v) is 5.48. The average molecular weight is 162 g/mol. The van der Waals surface area contributed by atoms with Crippen LogP contribution in [0.25, 0.3) is 0 Å². The van der Waals surface area contributed by atoms with E-state index in [2.05, 4.69) is 4.98 Å². The quantitative estimate of drug-likeness (QED) is 0.477. The molecule has 0 spiro atoms. The maximum absolute atomic E-state index is 10.3. The highest BCUT2D eigenvalue weighted by atomic mass is 28.3. The van der Waals surface area contributed by atoms with Gasteiger partial charge in [-0.1, -0.05) is 13.1 Å². The number of rotatable bonds is 4. The van der Waals surface area contributed by atoms with Crippen molar-refractivity contribution in [3.63, 3.8) is 0 Å². The van der Waals surface area contributed by atoms with Crippen molar-refractivity contribution in [1.82, 2.24) is 4.98 Å². The zero-order chi connectivity index (χ0) is 8.15. The summed E-state index contributed by atoms with van der Waals surface area (Å²) in [4.78, 5) is 13.0. The summed E-state index contributed by atoms with van der Waals surface area (Å²) in [6.45, 7) is 3.51. The monoisotopic (exact) mass is 162 g/mol. The van der Waals surface area contributed by atoms with Gasteiger partial charge in [-0.05, 0) is 0 Å². The number of aliphatic hydroxyl groups excluding tert-OH is 1. The summed E-state index contributed by atoms with van der Waals surface area (Å²) >= 11 is 0. The van der Waals surface area contributed by atoms with Gasteiger partial charge in [0, 0.05) is 0 Å².